The summed E-state index contributed by atoms with van der Waals surface area (Å²) in [5.41, 5.74) is 1.97. The van der Waals surface area contributed by atoms with Crippen LogP contribution in [0.15, 0.2) is 28.7 Å². The van der Waals surface area contributed by atoms with Crippen molar-refractivity contribution >= 4 is 28.0 Å². The number of rotatable bonds is 2. The van der Waals surface area contributed by atoms with E-state index in [-0.39, 0.29) is 0 Å². The van der Waals surface area contributed by atoms with E-state index in [9.17, 15) is 4.79 Å². The maximum Gasteiger partial charge on any atom is 0.328 e. The van der Waals surface area contributed by atoms with Gasteiger partial charge in [-0.3, -0.25) is 0 Å². The third kappa shape index (κ3) is 3.03. The molecule has 0 fully saturated rings. The molecule has 1 aromatic carbocycles. The van der Waals surface area contributed by atoms with Crippen molar-refractivity contribution in [2.75, 3.05) is 0 Å². The van der Waals surface area contributed by atoms with Gasteiger partial charge in [0.05, 0.1) is 0 Å². The van der Waals surface area contributed by atoms with Gasteiger partial charge in [-0.25, -0.2) is 4.79 Å². The van der Waals surface area contributed by atoms with Crippen molar-refractivity contribution in [1.29, 1.82) is 0 Å². The standard InChI is InChI=1S/C10H9BrO2/c1-7-6-9(11)4-2-8(7)3-5-10(12)13/h2-6H,1H3,(H,12,13)/b5-3+. The Morgan fingerprint density at radius 2 is 2.23 bits per heavy atom. The third-order valence-electron chi connectivity index (χ3n) is 1.64. The summed E-state index contributed by atoms with van der Waals surface area (Å²) >= 11 is 3.34. The summed E-state index contributed by atoms with van der Waals surface area (Å²) in [6.07, 6.45) is 2.72. The van der Waals surface area contributed by atoms with Crippen LogP contribution in [0, 0.1) is 6.92 Å². The fourth-order valence-corrected chi connectivity index (χ4v) is 1.46. The molecule has 0 spiro atoms. The van der Waals surface area contributed by atoms with Crippen LogP contribution in [0.25, 0.3) is 6.08 Å². The summed E-state index contributed by atoms with van der Waals surface area (Å²) in [5.74, 6) is -0.928. The second-order valence-corrected chi connectivity index (χ2v) is 3.59. The minimum atomic E-state index is -0.928. The summed E-state index contributed by atoms with van der Waals surface area (Å²) in [5, 5.41) is 8.42. The largest absolute Gasteiger partial charge is 0.478 e. The van der Waals surface area contributed by atoms with Gasteiger partial charge >= 0.3 is 5.97 Å². The van der Waals surface area contributed by atoms with Crippen molar-refractivity contribution in [3.63, 3.8) is 0 Å². The minimum absolute atomic E-state index is 0.922. The quantitative estimate of drug-likeness (QED) is 0.808. The number of aryl methyl sites for hydroxylation is 1. The predicted molar refractivity (Wildman–Crippen MR) is 55.5 cm³/mol. The van der Waals surface area contributed by atoms with E-state index in [2.05, 4.69) is 15.9 Å². The molecule has 1 aromatic rings. The zero-order chi connectivity index (χ0) is 9.84. The lowest BCUT2D eigenvalue weighted by Gasteiger charge is -1.99. The Hall–Kier alpha value is -1.09. The highest BCUT2D eigenvalue weighted by atomic mass is 79.9. The molecule has 0 aliphatic carbocycles. The fraction of sp³-hybridized carbons (Fsp3) is 0.100. The van der Waals surface area contributed by atoms with Gasteiger partial charge in [0, 0.05) is 10.5 Å². The second kappa shape index (κ2) is 4.23. The van der Waals surface area contributed by atoms with Crippen molar-refractivity contribution < 1.29 is 9.90 Å². The van der Waals surface area contributed by atoms with E-state index in [1.807, 2.05) is 25.1 Å². The zero-order valence-corrected chi connectivity index (χ0v) is 8.71. The molecular formula is C10H9BrO2. The van der Waals surface area contributed by atoms with Crippen LogP contribution in [-0.4, -0.2) is 11.1 Å². The first kappa shape index (κ1) is 9.99. The molecule has 3 heteroatoms. The zero-order valence-electron chi connectivity index (χ0n) is 7.12. The Morgan fingerprint density at radius 3 is 2.77 bits per heavy atom. The van der Waals surface area contributed by atoms with Gasteiger partial charge in [0.15, 0.2) is 0 Å². The highest BCUT2D eigenvalue weighted by Gasteiger charge is 1.95. The predicted octanol–water partition coefficient (Wildman–Crippen LogP) is 2.86. The lowest BCUT2D eigenvalue weighted by atomic mass is 10.1. The smallest absolute Gasteiger partial charge is 0.328 e. The van der Waals surface area contributed by atoms with Crippen LogP contribution in [0.1, 0.15) is 11.1 Å². The van der Waals surface area contributed by atoms with Crippen molar-refractivity contribution in [2.24, 2.45) is 0 Å². The van der Waals surface area contributed by atoms with E-state index >= 15 is 0 Å². The molecule has 68 valence electrons. The molecule has 1 rings (SSSR count). The van der Waals surface area contributed by atoms with Gasteiger partial charge in [-0.2, -0.15) is 0 Å². The molecule has 0 aliphatic heterocycles. The highest BCUT2D eigenvalue weighted by Crippen LogP contribution is 2.16. The van der Waals surface area contributed by atoms with Crippen molar-refractivity contribution in [1.82, 2.24) is 0 Å². The van der Waals surface area contributed by atoms with Crippen molar-refractivity contribution in [2.45, 2.75) is 6.92 Å². The molecule has 0 saturated heterocycles. The molecule has 0 radical (unpaired) electrons. The Bertz CT molecular complexity index is 356. The highest BCUT2D eigenvalue weighted by molar-refractivity contribution is 9.10. The number of hydrogen-bond acceptors (Lipinski definition) is 1. The van der Waals surface area contributed by atoms with Gasteiger partial charge in [0.1, 0.15) is 0 Å². The molecule has 0 saturated carbocycles. The van der Waals surface area contributed by atoms with Gasteiger partial charge in [0.25, 0.3) is 0 Å². The molecule has 0 heterocycles. The number of benzene rings is 1. The molecule has 0 aromatic heterocycles. The molecule has 0 aliphatic rings. The van der Waals surface area contributed by atoms with Crippen molar-refractivity contribution in [3.05, 3.63) is 39.9 Å². The number of aliphatic carboxylic acids is 1. The lowest BCUT2D eigenvalue weighted by Crippen LogP contribution is -1.87. The number of hydrogen-bond donors (Lipinski definition) is 1. The molecular weight excluding hydrogens is 232 g/mol. The molecule has 0 amide bonds. The van der Waals surface area contributed by atoms with Gasteiger partial charge in [0.2, 0.25) is 0 Å². The molecule has 13 heavy (non-hydrogen) atoms. The first-order valence-electron chi connectivity index (χ1n) is 3.77. The number of halogens is 1. The summed E-state index contributed by atoms with van der Waals surface area (Å²) < 4.78 is 0.998. The van der Waals surface area contributed by atoms with Gasteiger partial charge in [-0.05, 0) is 36.3 Å². The normalized spacial score (nSPS) is 10.6. The average Bonchev–Trinajstić information content (AvgIpc) is 2.02. The van der Waals surface area contributed by atoms with E-state index in [4.69, 9.17) is 5.11 Å². The van der Waals surface area contributed by atoms with Gasteiger partial charge in [-0.15, -0.1) is 0 Å². The van der Waals surface area contributed by atoms with Crippen LogP contribution in [-0.2, 0) is 4.79 Å². The number of carboxylic acids is 1. The Morgan fingerprint density at radius 1 is 1.54 bits per heavy atom. The molecule has 0 atom stereocenters. The summed E-state index contributed by atoms with van der Waals surface area (Å²) in [6, 6.07) is 5.70. The summed E-state index contributed by atoms with van der Waals surface area (Å²) in [6.45, 7) is 1.94. The maximum absolute atomic E-state index is 10.3. The molecule has 0 unspecified atom stereocenters. The minimum Gasteiger partial charge on any atom is -0.478 e. The second-order valence-electron chi connectivity index (χ2n) is 2.67. The van der Waals surface area contributed by atoms with E-state index in [0.29, 0.717) is 0 Å². The average molecular weight is 241 g/mol. The maximum atomic E-state index is 10.3. The fourth-order valence-electron chi connectivity index (χ4n) is 0.987. The van der Waals surface area contributed by atoms with Gasteiger partial charge in [-0.1, -0.05) is 22.0 Å². The van der Waals surface area contributed by atoms with Crippen LogP contribution in [0.2, 0.25) is 0 Å². The van der Waals surface area contributed by atoms with Crippen LogP contribution < -0.4 is 0 Å². The van der Waals surface area contributed by atoms with Crippen LogP contribution in [0.5, 0.6) is 0 Å². The van der Waals surface area contributed by atoms with Gasteiger partial charge < -0.3 is 5.11 Å². The van der Waals surface area contributed by atoms with E-state index in [0.717, 1.165) is 21.7 Å². The summed E-state index contributed by atoms with van der Waals surface area (Å²) in [7, 11) is 0. The van der Waals surface area contributed by atoms with E-state index < -0.39 is 5.97 Å². The molecule has 0 bridgehead atoms. The first-order valence-corrected chi connectivity index (χ1v) is 4.56. The Kier molecular flexibility index (Phi) is 3.25. The molecule has 2 nitrogen and oxygen atoms in total. The Labute approximate surface area is 85.0 Å². The lowest BCUT2D eigenvalue weighted by molar-refractivity contribution is -0.131. The van der Waals surface area contributed by atoms with Crippen molar-refractivity contribution in [3.8, 4) is 0 Å². The summed E-state index contributed by atoms with van der Waals surface area (Å²) in [4.78, 5) is 10.3. The van der Waals surface area contributed by atoms with Crippen LogP contribution >= 0.6 is 15.9 Å². The SMILES string of the molecule is Cc1cc(Br)ccc1/C=C/C(=O)O. The Balaban J connectivity index is 2.96. The topological polar surface area (TPSA) is 37.3 Å². The number of carboxylic acid groups (broad SMARTS) is 1. The van der Waals surface area contributed by atoms with Crippen LogP contribution in [0.3, 0.4) is 0 Å². The van der Waals surface area contributed by atoms with E-state index in [1.54, 1.807) is 6.08 Å². The van der Waals surface area contributed by atoms with Crippen LogP contribution in [0.4, 0.5) is 0 Å². The molecule has 1 N–H and O–H groups in total. The third-order valence-corrected chi connectivity index (χ3v) is 2.13. The number of carbonyl (C=O) groups is 1. The van der Waals surface area contributed by atoms with E-state index in [1.165, 1.54) is 0 Å². The first-order chi connectivity index (χ1) is 6.09. The monoisotopic (exact) mass is 240 g/mol.